The summed E-state index contributed by atoms with van der Waals surface area (Å²) >= 11 is 0. The van der Waals surface area contributed by atoms with E-state index in [1.54, 1.807) is 13.8 Å². The predicted octanol–water partition coefficient (Wildman–Crippen LogP) is 2.47. The number of Topliss-reactive ketones (excluding diaryl/α,β-unsaturated/α-hetero) is 1. The fourth-order valence-electron chi connectivity index (χ4n) is 2.91. The molecule has 0 atom stereocenters. The molecule has 0 saturated carbocycles. The summed E-state index contributed by atoms with van der Waals surface area (Å²) in [5.74, 6) is -1.14. The number of rotatable bonds is 5. The Kier molecular flexibility index (Phi) is 4.86. The minimum absolute atomic E-state index is 0.0463. The van der Waals surface area contributed by atoms with Crippen molar-refractivity contribution in [1.29, 1.82) is 0 Å². The predicted molar refractivity (Wildman–Crippen MR) is 100 cm³/mol. The summed E-state index contributed by atoms with van der Waals surface area (Å²) in [4.78, 5) is 27.8. The molecule has 3 rings (SSSR count). The minimum atomic E-state index is -3.95. The smallest absolute Gasteiger partial charge is 0.338 e. The molecule has 0 aliphatic carbocycles. The van der Waals surface area contributed by atoms with E-state index in [-0.39, 0.29) is 16.2 Å². The van der Waals surface area contributed by atoms with Gasteiger partial charge in [-0.2, -0.15) is 0 Å². The summed E-state index contributed by atoms with van der Waals surface area (Å²) in [6.45, 7) is 2.95. The van der Waals surface area contributed by atoms with Crippen LogP contribution in [0.2, 0.25) is 0 Å². The van der Waals surface area contributed by atoms with Gasteiger partial charge in [-0.25, -0.2) is 18.4 Å². The van der Waals surface area contributed by atoms with E-state index in [4.69, 9.17) is 9.88 Å². The number of benzene rings is 2. The number of carbonyl (C=O) groups excluding carboxylic acids is 2. The van der Waals surface area contributed by atoms with Gasteiger partial charge in [0.25, 0.3) is 0 Å². The SMILES string of the molecule is Cc1ccc(S(N)(=O)=O)cc1C(=O)OCC(=O)c1c(C)[nH]c2ccccc12. The van der Waals surface area contributed by atoms with E-state index in [1.165, 1.54) is 12.1 Å². The van der Waals surface area contributed by atoms with Crippen molar-refractivity contribution < 1.29 is 22.7 Å². The highest BCUT2D eigenvalue weighted by Crippen LogP contribution is 2.22. The lowest BCUT2D eigenvalue weighted by molar-refractivity contribution is 0.0474. The minimum Gasteiger partial charge on any atom is -0.454 e. The molecule has 8 heteroatoms. The van der Waals surface area contributed by atoms with E-state index in [9.17, 15) is 18.0 Å². The molecule has 0 saturated heterocycles. The number of para-hydroxylation sites is 1. The second-order valence-electron chi connectivity index (χ2n) is 6.19. The summed E-state index contributed by atoms with van der Waals surface area (Å²) in [5, 5.41) is 5.85. The van der Waals surface area contributed by atoms with E-state index in [0.29, 0.717) is 16.8 Å². The van der Waals surface area contributed by atoms with Gasteiger partial charge in [0.2, 0.25) is 15.8 Å². The Balaban J connectivity index is 1.82. The zero-order chi connectivity index (χ0) is 19.8. The second-order valence-corrected chi connectivity index (χ2v) is 7.75. The standard InChI is InChI=1S/C19H18N2O5S/c1-11-7-8-13(27(20,24)25)9-15(11)19(23)26-10-17(22)18-12(2)21-16-6-4-3-5-14(16)18/h3-9,21H,10H2,1-2H3,(H2,20,24,25). The first-order valence-corrected chi connectivity index (χ1v) is 9.64. The monoisotopic (exact) mass is 386 g/mol. The van der Waals surface area contributed by atoms with E-state index in [0.717, 1.165) is 17.0 Å². The third-order valence-electron chi connectivity index (χ3n) is 4.26. The molecule has 3 aromatic rings. The number of sulfonamides is 1. The Hall–Kier alpha value is -2.97. The van der Waals surface area contributed by atoms with Crippen LogP contribution in [0.4, 0.5) is 0 Å². The maximum atomic E-state index is 12.6. The molecule has 140 valence electrons. The maximum absolute atomic E-state index is 12.6. The van der Waals surface area contributed by atoms with Crippen LogP contribution in [0.25, 0.3) is 10.9 Å². The van der Waals surface area contributed by atoms with Crippen LogP contribution in [-0.2, 0) is 14.8 Å². The van der Waals surface area contributed by atoms with Crippen molar-refractivity contribution in [2.75, 3.05) is 6.61 Å². The number of nitrogens with one attached hydrogen (secondary N) is 1. The van der Waals surface area contributed by atoms with E-state index in [1.807, 2.05) is 24.3 Å². The fourth-order valence-corrected chi connectivity index (χ4v) is 3.45. The number of ketones is 1. The first kappa shape index (κ1) is 18.8. The summed E-state index contributed by atoms with van der Waals surface area (Å²) in [6.07, 6.45) is 0. The van der Waals surface area contributed by atoms with Crippen molar-refractivity contribution in [3.63, 3.8) is 0 Å². The lowest BCUT2D eigenvalue weighted by Gasteiger charge is -2.08. The van der Waals surface area contributed by atoms with Crippen molar-refractivity contribution >= 4 is 32.7 Å². The van der Waals surface area contributed by atoms with Gasteiger partial charge in [-0.15, -0.1) is 0 Å². The number of fused-ring (bicyclic) bond motifs is 1. The zero-order valence-corrected chi connectivity index (χ0v) is 15.6. The molecule has 0 radical (unpaired) electrons. The maximum Gasteiger partial charge on any atom is 0.338 e. The van der Waals surface area contributed by atoms with Gasteiger partial charge in [0.1, 0.15) is 0 Å². The number of aryl methyl sites for hydroxylation is 2. The topological polar surface area (TPSA) is 119 Å². The Labute approximate surface area is 156 Å². The number of aromatic nitrogens is 1. The van der Waals surface area contributed by atoms with Gasteiger partial charge in [0, 0.05) is 22.2 Å². The van der Waals surface area contributed by atoms with Crippen molar-refractivity contribution in [2.24, 2.45) is 5.14 Å². The van der Waals surface area contributed by atoms with Crippen LogP contribution in [0.5, 0.6) is 0 Å². The third kappa shape index (κ3) is 3.76. The van der Waals surface area contributed by atoms with Crippen molar-refractivity contribution in [1.82, 2.24) is 4.98 Å². The Morgan fingerprint density at radius 3 is 2.52 bits per heavy atom. The molecule has 0 aliphatic rings. The number of primary sulfonamides is 1. The van der Waals surface area contributed by atoms with E-state index >= 15 is 0 Å². The molecule has 3 N–H and O–H groups in total. The third-order valence-corrected chi connectivity index (χ3v) is 5.18. The average molecular weight is 386 g/mol. The van der Waals surface area contributed by atoms with Crippen LogP contribution < -0.4 is 5.14 Å². The molecule has 0 fully saturated rings. The van der Waals surface area contributed by atoms with Gasteiger partial charge in [0.05, 0.1) is 10.5 Å². The Morgan fingerprint density at radius 1 is 1.11 bits per heavy atom. The van der Waals surface area contributed by atoms with Crippen LogP contribution in [0, 0.1) is 13.8 Å². The zero-order valence-electron chi connectivity index (χ0n) is 14.8. The van der Waals surface area contributed by atoms with Crippen LogP contribution in [-0.4, -0.2) is 31.8 Å². The number of H-pyrrole nitrogens is 1. The highest BCUT2D eigenvalue weighted by molar-refractivity contribution is 7.89. The molecule has 0 unspecified atom stereocenters. The van der Waals surface area contributed by atoms with Gasteiger partial charge in [-0.1, -0.05) is 24.3 Å². The molecular weight excluding hydrogens is 368 g/mol. The van der Waals surface area contributed by atoms with Crippen LogP contribution in [0.1, 0.15) is 32.0 Å². The summed E-state index contributed by atoms with van der Waals surface area (Å²) in [5.41, 5.74) is 2.53. The van der Waals surface area contributed by atoms with Gasteiger partial charge >= 0.3 is 5.97 Å². The molecule has 2 aromatic carbocycles. The normalized spacial score (nSPS) is 11.5. The molecule has 1 heterocycles. The first-order valence-electron chi connectivity index (χ1n) is 8.09. The summed E-state index contributed by atoms with van der Waals surface area (Å²) < 4.78 is 28.1. The quantitative estimate of drug-likeness (QED) is 0.516. The summed E-state index contributed by atoms with van der Waals surface area (Å²) in [7, 11) is -3.95. The largest absolute Gasteiger partial charge is 0.454 e. The van der Waals surface area contributed by atoms with Crippen molar-refractivity contribution in [2.45, 2.75) is 18.7 Å². The van der Waals surface area contributed by atoms with Crippen molar-refractivity contribution in [3.8, 4) is 0 Å². The molecule has 7 nitrogen and oxygen atoms in total. The first-order chi connectivity index (χ1) is 12.7. The molecule has 0 aliphatic heterocycles. The van der Waals surface area contributed by atoms with Crippen LogP contribution >= 0.6 is 0 Å². The lowest BCUT2D eigenvalue weighted by Crippen LogP contribution is -2.17. The highest BCUT2D eigenvalue weighted by atomic mass is 32.2. The van der Waals surface area contributed by atoms with E-state index < -0.39 is 22.6 Å². The molecular formula is C19H18N2O5S. The van der Waals surface area contributed by atoms with Gasteiger partial charge in [-0.05, 0) is 37.6 Å². The fraction of sp³-hybridized carbons (Fsp3) is 0.158. The second kappa shape index (κ2) is 6.98. The number of esters is 1. The molecule has 0 spiro atoms. The Morgan fingerprint density at radius 2 is 1.81 bits per heavy atom. The molecule has 1 aromatic heterocycles. The van der Waals surface area contributed by atoms with Gasteiger partial charge in [0.15, 0.2) is 6.61 Å². The van der Waals surface area contributed by atoms with Crippen LogP contribution in [0.3, 0.4) is 0 Å². The number of aromatic amines is 1. The molecule has 27 heavy (non-hydrogen) atoms. The number of hydrogen-bond acceptors (Lipinski definition) is 5. The van der Waals surface area contributed by atoms with E-state index in [2.05, 4.69) is 4.98 Å². The van der Waals surface area contributed by atoms with Crippen LogP contribution in [0.15, 0.2) is 47.4 Å². The Bertz CT molecular complexity index is 1160. The summed E-state index contributed by atoms with van der Waals surface area (Å²) in [6, 6.07) is 11.3. The number of hydrogen-bond donors (Lipinski definition) is 2. The number of ether oxygens (including phenoxy) is 1. The molecule has 0 bridgehead atoms. The molecule has 0 amide bonds. The lowest BCUT2D eigenvalue weighted by atomic mass is 10.1. The average Bonchev–Trinajstić information content (AvgIpc) is 2.94. The number of nitrogens with two attached hydrogens (primary N) is 1. The number of carbonyl (C=O) groups is 2. The highest BCUT2D eigenvalue weighted by Gasteiger charge is 2.20. The van der Waals surface area contributed by atoms with Gasteiger partial charge in [-0.3, -0.25) is 4.79 Å². The van der Waals surface area contributed by atoms with Gasteiger partial charge < -0.3 is 9.72 Å². The van der Waals surface area contributed by atoms with Crippen molar-refractivity contribution in [3.05, 3.63) is 64.8 Å².